The van der Waals surface area contributed by atoms with Crippen LogP contribution in [0.4, 0.5) is 22.7 Å². The summed E-state index contributed by atoms with van der Waals surface area (Å²) < 4.78 is 5.09. The number of thiocarbonyl (C=S) groups is 1. The van der Waals surface area contributed by atoms with Crippen LogP contribution in [-0.4, -0.2) is 72.1 Å². The molecular weight excluding hydrogens is 488 g/mol. The zero-order valence-corrected chi connectivity index (χ0v) is 20.5. The zero-order chi connectivity index (χ0) is 25.8. The van der Waals surface area contributed by atoms with Gasteiger partial charge in [-0.25, -0.2) is 0 Å². The minimum atomic E-state index is -0.524. The maximum absolute atomic E-state index is 12.8. The van der Waals surface area contributed by atoms with E-state index in [1.807, 2.05) is 9.80 Å². The van der Waals surface area contributed by atoms with Crippen LogP contribution in [0.5, 0.6) is 5.75 Å². The molecule has 2 heterocycles. The van der Waals surface area contributed by atoms with Crippen LogP contribution in [0.25, 0.3) is 0 Å². The van der Waals surface area contributed by atoms with Gasteiger partial charge in [-0.05, 0) is 49.3 Å². The van der Waals surface area contributed by atoms with Crippen LogP contribution in [-0.2, 0) is 0 Å². The highest BCUT2D eigenvalue weighted by atomic mass is 32.1. The minimum Gasteiger partial charge on any atom is -0.496 e. The lowest BCUT2D eigenvalue weighted by molar-refractivity contribution is -0.384. The molecule has 2 aromatic carbocycles. The van der Waals surface area contributed by atoms with Crippen molar-refractivity contribution in [1.82, 2.24) is 10.2 Å². The first kappa shape index (κ1) is 25.1. The van der Waals surface area contributed by atoms with Crippen LogP contribution in [0.3, 0.4) is 0 Å². The zero-order valence-electron chi connectivity index (χ0n) is 19.7. The van der Waals surface area contributed by atoms with Gasteiger partial charge in [-0.1, -0.05) is 0 Å². The standard InChI is InChI=1S/C23H26N6O6S/c1-35-17-5-7-19(21(15-17)29(33)34)26-10-12-27(13-11-26)23(36)24-22(30)16-4-6-18(20(14-16)28(31)32)25-8-2-3-9-25/h4-7,14-15H,2-3,8-13H2,1H3,(H,24,30,36). The Balaban J connectivity index is 1.39. The second-order valence-corrected chi connectivity index (χ2v) is 8.89. The normalized spacial score (nSPS) is 15.5. The van der Waals surface area contributed by atoms with E-state index < -0.39 is 15.8 Å². The van der Waals surface area contributed by atoms with Crippen LogP contribution in [0.1, 0.15) is 23.2 Å². The molecule has 0 radical (unpaired) electrons. The van der Waals surface area contributed by atoms with Gasteiger partial charge in [0.1, 0.15) is 17.1 Å². The first-order valence-electron chi connectivity index (χ1n) is 11.5. The van der Waals surface area contributed by atoms with E-state index in [-0.39, 0.29) is 22.1 Å². The summed E-state index contributed by atoms with van der Waals surface area (Å²) in [5, 5.41) is 26.0. The summed E-state index contributed by atoms with van der Waals surface area (Å²) in [5.41, 5.74) is 1.00. The van der Waals surface area contributed by atoms with Crippen molar-refractivity contribution in [3.63, 3.8) is 0 Å². The van der Waals surface area contributed by atoms with Crippen molar-refractivity contribution in [3.8, 4) is 5.75 Å². The molecule has 0 atom stereocenters. The number of carbonyl (C=O) groups is 1. The minimum absolute atomic E-state index is 0.0438. The fourth-order valence-electron chi connectivity index (χ4n) is 4.48. The number of nitrogens with one attached hydrogen (secondary N) is 1. The lowest BCUT2D eigenvalue weighted by Crippen LogP contribution is -2.52. The monoisotopic (exact) mass is 514 g/mol. The number of rotatable bonds is 6. The van der Waals surface area contributed by atoms with Crippen molar-refractivity contribution < 1.29 is 19.4 Å². The van der Waals surface area contributed by atoms with Gasteiger partial charge in [-0.2, -0.15) is 0 Å². The summed E-state index contributed by atoms with van der Waals surface area (Å²) in [6, 6.07) is 9.19. The van der Waals surface area contributed by atoms with E-state index in [1.165, 1.54) is 19.2 Å². The third kappa shape index (κ3) is 5.30. The second kappa shape index (κ2) is 10.7. The Morgan fingerprint density at radius 3 is 2.03 bits per heavy atom. The molecule has 0 spiro atoms. The molecule has 0 aliphatic carbocycles. The molecule has 0 aromatic heterocycles. The van der Waals surface area contributed by atoms with Crippen LogP contribution in [0.2, 0.25) is 0 Å². The number of carbonyl (C=O) groups excluding carboxylic acids is 1. The molecule has 0 unspecified atom stereocenters. The number of nitrogens with zero attached hydrogens (tertiary/aromatic N) is 5. The van der Waals surface area contributed by atoms with E-state index in [0.29, 0.717) is 43.3 Å². The molecule has 4 rings (SSSR count). The molecule has 2 aromatic rings. The van der Waals surface area contributed by atoms with Crippen molar-refractivity contribution in [2.45, 2.75) is 12.8 Å². The molecule has 1 amide bonds. The van der Waals surface area contributed by atoms with Gasteiger partial charge in [0, 0.05) is 50.9 Å². The number of hydrogen-bond donors (Lipinski definition) is 1. The maximum Gasteiger partial charge on any atom is 0.296 e. The van der Waals surface area contributed by atoms with Crippen LogP contribution < -0.4 is 19.9 Å². The van der Waals surface area contributed by atoms with Crippen LogP contribution in [0.15, 0.2) is 36.4 Å². The number of hydrogen-bond acceptors (Lipinski definition) is 9. The number of piperazine rings is 1. The van der Waals surface area contributed by atoms with Gasteiger partial charge in [0.15, 0.2) is 5.11 Å². The smallest absolute Gasteiger partial charge is 0.296 e. The molecular formula is C23H26N6O6S. The summed E-state index contributed by atoms with van der Waals surface area (Å²) in [4.78, 5) is 40.7. The number of benzene rings is 2. The Hall–Kier alpha value is -4.00. The van der Waals surface area contributed by atoms with E-state index in [4.69, 9.17) is 17.0 Å². The summed E-state index contributed by atoms with van der Waals surface area (Å²) in [7, 11) is 1.45. The van der Waals surface area contributed by atoms with E-state index in [0.717, 1.165) is 25.9 Å². The highest BCUT2D eigenvalue weighted by molar-refractivity contribution is 7.80. The third-order valence-corrected chi connectivity index (χ3v) is 6.75. The molecule has 36 heavy (non-hydrogen) atoms. The van der Waals surface area contributed by atoms with Gasteiger partial charge in [0.05, 0.1) is 23.0 Å². The van der Waals surface area contributed by atoms with Crippen LogP contribution >= 0.6 is 12.2 Å². The van der Waals surface area contributed by atoms with E-state index in [9.17, 15) is 25.0 Å². The van der Waals surface area contributed by atoms with E-state index in [1.54, 1.807) is 29.2 Å². The van der Waals surface area contributed by atoms with E-state index in [2.05, 4.69) is 5.32 Å². The molecule has 12 nitrogen and oxygen atoms in total. The second-order valence-electron chi connectivity index (χ2n) is 8.50. The van der Waals surface area contributed by atoms with Crippen molar-refractivity contribution >= 4 is 46.0 Å². The van der Waals surface area contributed by atoms with Crippen molar-refractivity contribution in [2.24, 2.45) is 0 Å². The quantitative estimate of drug-likeness (QED) is 0.348. The van der Waals surface area contributed by atoms with Gasteiger partial charge in [-0.3, -0.25) is 30.3 Å². The molecule has 2 aliphatic rings. The molecule has 1 N–H and O–H groups in total. The van der Waals surface area contributed by atoms with Crippen LogP contribution in [0, 0.1) is 20.2 Å². The van der Waals surface area contributed by atoms with Gasteiger partial charge >= 0.3 is 0 Å². The number of methoxy groups -OCH3 is 1. The highest BCUT2D eigenvalue weighted by Gasteiger charge is 2.27. The highest BCUT2D eigenvalue weighted by Crippen LogP contribution is 2.33. The number of ether oxygens (including phenoxy) is 1. The molecule has 190 valence electrons. The number of amides is 1. The van der Waals surface area contributed by atoms with E-state index >= 15 is 0 Å². The molecule has 2 aliphatic heterocycles. The summed E-state index contributed by atoms with van der Waals surface area (Å²) in [6.07, 6.45) is 1.96. The summed E-state index contributed by atoms with van der Waals surface area (Å²) in [5.74, 6) is -0.119. The molecule has 2 saturated heterocycles. The fourth-order valence-corrected chi connectivity index (χ4v) is 4.75. The lowest BCUT2D eigenvalue weighted by Gasteiger charge is -2.37. The Morgan fingerprint density at radius 2 is 1.44 bits per heavy atom. The number of anilines is 2. The predicted molar refractivity (Wildman–Crippen MR) is 138 cm³/mol. The average molecular weight is 515 g/mol. The van der Waals surface area contributed by atoms with Gasteiger partial charge < -0.3 is 19.4 Å². The van der Waals surface area contributed by atoms with Crippen molar-refractivity contribution in [3.05, 3.63) is 62.2 Å². The molecule has 2 fully saturated rings. The number of nitro groups is 2. The molecule has 13 heteroatoms. The van der Waals surface area contributed by atoms with Gasteiger partial charge in [0.25, 0.3) is 17.3 Å². The lowest BCUT2D eigenvalue weighted by atomic mass is 10.1. The van der Waals surface area contributed by atoms with Crippen molar-refractivity contribution in [2.75, 3.05) is 56.2 Å². The largest absolute Gasteiger partial charge is 0.496 e. The average Bonchev–Trinajstić information content (AvgIpc) is 3.43. The Labute approximate surface area is 212 Å². The topological polar surface area (TPSA) is 134 Å². The Kier molecular flexibility index (Phi) is 7.48. The summed E-state index contributed by atoms with van der Waals surface area (Å²) >= 11 is 5.41. The first-order valence-corrected chi connectivity index (χ1v) is 11.9. The molecule has 0 saturated carbocycles. The summed E-state index contributed by atoms with van der Waals surface area (Å²) in [6.45, 7) is 3.30. The van der Waals surface area contributed by atoms with Gasteiger partial charge in [0.2, 0.25) is 0 Å². The third-order valence-electron chi connectivity index (χ3n) is 6.39. The molecule has 0 bridgehead atoms. The Bertz CT molecular complexity index is 1190. The maximum atomic E-state index is 12.8. The SMILES string of the molecule is COc1ccc(N2CCN(C(=S)NC(=O)c3ccc(N4CCCC4)c([N+](=O)[O-])c3)CC2)c([N+](=O)[O-])c1. The van der Waals surface area contributed by atoms with Gasteiger partial charge in [-0.15, -0.1) is 0 Å². The Morgan fingerprint density at radius 1 is 0.889 bits per heavy atom. The first-order chi connectivity index (χ1) is 17.3. The predicted octanol–water partition coefficient (Wildman–Crippen LogP) is 2.95. The van der Waals surface area contributed by atoms with Crippen molar-refractivity contribution in [1.29, 1.82) is 0 Å². The fraction of sp³-hybridized carbons (Fsp3) is 0.391. The number of nitro benzene ring substituents is 2.